The molecule has 146 valence electrons. The predicted molar refractivity (Wildman–Crippen MR) is 104 cm³/mol. The first-order chi connectivity index (χ1) is 13.0. The first-order valence-electron chi connectivity index (χ1n) is 8.95. The molecule has 8 heteroatoms. The van der Waals surface area contributed by atoms with Crippen LogP contribution in [0.5, 0.6) is 5.75 Å². The van der Waals surface area contributed by atoms with Crippen LogP contribution in [0.3, 0.4) is 0 Å². The van der Waals surface area contributed by atoms with Crippen molar-refractivity contribution in [2.75, 3.05) is 44.8 Å². The zero-order valence-electron chi connectivity index (χ0n) is 15.6. The Balaban J connectivity index is 1.51. The topological polar surface area (TPSA) is 80.8 Å². The third-order valence-corrected chi connectivity index (χ3v) is 6.22. The molecule has 27 heavy (non-hydrogen) atoms. The van der Waals surface area contributed by atoms with Crippen LogP contribution in [-0.2, 0) is 14.8 Å². The molecule has 1 aromatic heterocycles. The molecule has 0 atom stereocenters. The SMILES string of the molecule is Cc1ccc(OCCNc2ccc(S(=O)(=O)N3CCOCC3)cn2)c(C)c1. The summed E-state index contributed by atoms with van der Waals surface area (Å²) in [5, 5.41) is 3.14. The molecule has 0 saturated carbocycles. The van der Waals surface area contributed by atoms with Gasteiger partial charge in [-0.3, -0.25) is 0 Å². The second-order valence-corrected chi connectivity index (χ2v) is 8.38. The third kappa shape index (κ3) is 4.97. The molecule has 1 saturated heterocycles. The van der Waals surface area contributed by atoms with Gasteiger partial charge in [0.2, 0.25) is 10.0 Å². The van der Waals surface area contributed by atoms with E-state index in [4.69, 9.17) is 9.47 Å². The standard InChI is InChI=1S/C19H25N3O4S/c1-15-3-5-18(16(2)13-15)26-10-7-20-19-6-4-17(14-21-19)27(23,24)22-8-11-25-12-9-22/h3-6,13-14H,7-12H2,1-2H3,(H,20,21). The maximum Gasteiger partial charge on any atom is 0.244 e. The summed E-state index contributed by atoms with van der Waals surface area (Å²) in [4.78, 5) is 4.41. The Morgan fingerprint density at radius 3 is 2.63 bits per heavy atom. The zero-order valence-corrected chi connectivity index (χ0v) is 16.5. The fraction of sp³-hybridized carbons (Fsp3) is 0.421. The van der Waals surface area contributed by atoms with Crippen molar-refractivity contribution in [2.24, 2.45) is 0 Å². The second kappa shape index (κ2) is 8.69. The van der Waals surface area contributed by atoms with Crippen LogP contribution >= 0.6 is 0 Å². The number of hydrogen-bond donors (Lipinski definition) is 1. The monoisotopic (exact) mass is 391 g/mol. The average molecular weight is 391 g/mol. The van der Waals surface area contributed by atoms with E-state index >= 15 is 0 Å². The van der Waals surface area contributed by atoms with Gasteiger partial charge in [0.15, 0.2) is 0 Å². The number of rotatable bonds is 7. The molecule has 0 spiro atoms. The molecule has 0 amide bonds. The van der Waals surface area contributed by atoms with Gasteiger partial charge in [-0.15, -0.1) is 0 Å². The summed E-state index contributed by atoms with van der Waals surface area (Å²) in [7, 11) is -3.51. The van der Waals surface area contributed by atoms with Crippen molar-refractivity contribution in [1.29, 1.82) is 0 Å². The Kier molecular flexibility index (Phi) is 6.30. The summed E-state index contributed by atoms with van der Waals surface area (Å²) in [6, 6.07) is 9.31. The summed E-state index contributed by atoms with van der Waals surface area (Å²) in [5.41, 5.74) is 2.31. The Morgan fingerprint density at radius 2 is 1.96 bits per heavy atom. The zero-order chi connectivity index (χ0) is 19.3. The van der Waals surface area contributed by atoms with Crippen molar-refractivity contribution in [2.45, 2.75) is 18.7 Å². The van der Waals surface area contributed by atoms with Crippen LogP contribution in [0, 0.1) is 13.8 Å². The number of sulfonamides is 1. The van der Waals surface area contributed by atoms with Crippen molar-refractivity contribution in [3.63, 3.8) is 0 Å². The van der Waals surface area contributed by atoms with Gasteiger partial charge >= 0.3 is 0 Å². The lowest BCUT2D eigenvalue weighted by atomic mass is 10.1. The van der Waals surface area contributed by atoms with E-state index in [0.29, 0.717) is 45.3 Å². The average Bonchev–Trinajstić information content (AvgIpc) is 2.68. The third-order valence-electron chi connectivity index (χ3n) is 4.34. The second-order valence-electron chi connectivity index (χ2n) is 6.44. The van der Waals surface area contributed by atoms with Crippen LogP contribution in [0.2, 0.25) is 0 Å². The van der Waals surface area contributed by atoms with Gasteiger partial charge in [-0.05, 0) is 37.6 Å². The molecule has 0 unspecified atom stereocenters. The van der Waals surface area contributed by atoms with E-state index in [2.05, 4.69) is 16.4 Å². The van der Waals surface area contributed by atoms with Gasteiger partial charge in [0.1, 0.15) is 23.1 Å². The van der Waals surface area contributed by atoms with Gasteiger partial charge in [0.25, 0.3) is 0 Å². The quantitative estimate of drug-likeness (QED) is 0.729. The number of nitrogens with one attached hydrogen (secondary N) is 1. The van der Waals surface area contributed by atoms with Gasteiger partial charge in [0.05, 0.1) is 19.8 Å². The Labute approximate surface area is 160 Å². The molecule has 0 radical (unpaired) electrons. The van der Waals surface area contributed by atoms with E-state index < -0.39 is 10.0 Å². The van der Waals surface area contributed by atoms with Gasteiger partial charge in [0, 0.05) is 19.3 Å². The molecule has 2 heterocycles. The molecule has 7 nitrogen and oxygen atoms in total. The number of ether oxygens (including phenoxy) is 2. The van der Waals surface area contributed by atoms with Crippen LogP contribution in [0.15, 0.2) is 41.4 Å². The maximum absolute atomic E-state index is 12.6. The summed E-state index contributed by atoms with van der Waals surface area (Å²) in [6.45, 7) is 6.71. The van der Waals surface area contributed by atoms with E-state index in [1.807, 2.05) is 26.0 Å². The Morgan fingerprint density at radius 1 is 1.19 bits per heavy atom. The highest BCUT2D eigenvalue weighted by molar-refractivity contribution is 7.89. The minimum absolute atomic E-state index is 0.196. The summed E-state index contributed by atoms with van der Waals surface area (Å²) < 4.78 is 37.5. The van der Waals surface area contributed by atoms with E-state index in [0.717, 1.165) is 11.3 Å². The lowest BCUT2D eigenvalue weighted by Crippen LogP contribution is -2.40. The first-order valence-corrected chi connectivity index (χ1v) is 10.4. The molecule has 2 aromatic rings. The van der Waals surface area contributed by atoms with Crippen LogP contribution in [0.1, 0.15) is 11.1 Å². The predicted octanol–water partition coefficient (Wildman–Crippen LogP) is 2.21. The first kappa shape index (κ1) is 19.6. The molecule has 0 bridgehead atoms. The van der Waals surface area contributed by atoms with Crippen LogP contribution < -0.4 is 10.1 Å². The highest BCUT2D eigenvalue weighted by atomic mass is 32.2. The number of aromatic nitrogens is 1. The number of morpholine rings is 1. The molecule has 3 rings (SSSR count). The molecule has 1 aromatic carbocycles. The van der Waals surface area contributed by atoms with Crippen LogP contribution in [0.25, 0.3) is 0 Å². The molecular formula is C19H25N3O4S. The van der Waals surface area contributed by atoms with E-state index in [1.54, 1.807) is 12.1 Å². The van der Waals surface area contributed by atoms with Crippen molar-refractivity contribution in [3.05, 3.63) is 47.7 Å². The number of pyridine rings is 1. The van der Waals surface area contributed by atoms with E-state index in [9.17, 15) is 8.42 Å². The van der Waals surface area contributed by atoms with E-state index in [-0.39, 0.29) is 4.90 Å². The highest BCUT2D eigenvalue weighted by Crippen LogP contribution is 2.19. The number of anilines is 1. The lowest BCUT2D eigenvalue weighted by Gasteiger charge is -2.25. The van der Waals surface area contributed by atoms with Crippen molar-refractivity contribution >= 4 is 15.8 Å². The number of benzene rings is 1. The number of nitrogens with zero attached hydrogens (tertiary/aromatic N) is 2. The normalized spacial score (nSPS) is 15.5. The van der Waals surface area contributed by atoms with Crippen LogP contribution in [-0.4, -0.2) is 57.2 Å². The van der Waals surface area contributed by atoms with Crippen molar-refractivity contribution < 1.29 is 17.9 Å². The molecule has 1 fully saturated rings. The van der Waals surface area contributed by atoms with Gasteiger partial charge in [-0.1, -0.05) is 17.7 Å². The molecule has 0 aliphatic carbocycles. The molecule has 1 aliphatic rings. The van der Waals surface area contributed by atoms with Crippen molar-refractivity contribution in [3.8, 4) is 5.75 Å². The minimum Gasteiger partial charge on any atom is -0.491 e. The number of aryl methyl sites for hydroxylation is 2. The number of hydrogen-bond acceptors (Lipinski definition) is 6. The maximum atomic E-state index is 12.6. The molecular weight excluding hydrogens is 366 g/mol. The Hall–Kier alpha value is -2.16. The smallest absolute Gasteiger partial charge is 0.244 e. The summed E-state index contributed by atoms with van der Waals surface area (Å²) in [6.07, 6.45) is 1.39. The van der Waals surface area contributed by atoms with Gasteiger partial charge in [-0.2, -0.15) is 4.31 Å². The fourth-order valence-electron chi connectivity index (χ4n) is 2.87. The van der Waals surface area contributed by atoms with Crippen LogP contribution in [0.4, 0.5) is 5.82 Å². The fourth-order valence-corrected chi connectivity index (χ4v) is 4.23. The Bertz CT molecular complexity index is 863. The largest absolute Gasteiger partial charge is 0.491 e. The minimum atomic E-state index is -3.51. The van der Waals surface area contributed by atoms with Gasteiger partial charge < -0.3 is 14.8 Å². The molecule has 1 aliphatic heterocycles. The summed E-state index contributed by atoms with van der Waals surface area (Å²) >= 11 is 0. The van der Waals surface area contributed by atoms with E-state index in [1.165, 1.54) is 16.1 Å². The highest BCUT2D eigenvalue weighted by Gasteiger charge is 2.26. The lowest BCUT2D eigenvalue weighted by molar-refractivity contribution is 0.0730. The van der Waals surface area contributed by atoms with Crippen molar-refractivity contribution in [1.82, 2.24) is 9.29 Å². The summed E-state index contributed by atoms with van der Waals surface area (Å²) in [5.74, 6) is 1.47. The van der Waals surface area contributed by atoms with Gasteiger partial charge in [-0.25, -0.2) is 13.4 Å². The molecule has 1 N–H and O–H groups in total.